The van der Waals surface area contributed by atoms with Gasteiger partial charge in [-0.1, -0.05) is 49.6 Å². The minimum atomic E-state index is -3.60. The number of carbonyl (C=O) groups is 1. The summed E-state index contributed by atoms with van der Waals surface area (Å²) in [5, 5.41) is 3.18. The van der Waals surface area contributed by atoms with E-state index in [-0.39, 0.29) is 17.4 Å². The number of carbonyl (C=O) groups excluding carboxylic acids is 1. The van der Waals surface area contributed by atoms with Gasteiger partial charge in [0, 0.05) is 29.6 Å². The van der Waals surface area contributed by atoms with Crippen molar-refractivity contribution >= 4 is 32.6 Å². The van der Waals surface area contributed by atoms with Crippen LogP contribution in [0.1, 0.15) is 36.0 Å². The predicted molar refractivity (Wildman–Crippen MR) is 140 cm³/mol. The average molecular weight is 507 g/mol. The van der Waals surface area contributed by atoms with Crippen molar-refractivity contribution in [3.8, 4) is 22.5 Å². The highest BCUT2D eigenvalue weighted by molar-refractivity contribution is 7.92. The molecule has 0 bridgehead atoms. The maximum Gasteiger partial charge on any atom is 0.255 e. The molecular weight excluding hydrogens is 479 g/mol. The zero-order valence-corrected chi connectivity index (χ0v) is 20.7. The van der Waals surface area contributed by atoms with Gasteiger partial charge in [0.1, 0.15) is 17.2 Å². The van der Waals surface area contributed by atoms with E-state index in [4.69, 9.17) is 4.42 Å². The number of anilines is 1. The topological polar surface area (TPSA) is 88.4 Å². The monoisotopic (exact) mass is 506 g/mol. The lowest BCUT2D eigenvalue weighted by molar-refractivity contribution is 0.0964. The number of fused-ring (bicyclic) bond motifs is 1. The second kappa shape index (κ2) is 9.78. The van der Waals surface area contributed by atoms with Crippen LogP contribution in [0, 0.1) is 11.7 Å². The lowest BCUT2D eigenvalue weighted by atomic mass is 9.84. The quantitative estimate of drug-likeness (QED) is 0.298. The molecule has 0 spiro atoms. The Bertz CT molecular complexity index is 1510. The normalized spacial score (nSPS) is 13.9. The summed E-state index contributed by atoms with van der Waals surface area (Å²) in [6.45, 7) is 0. The second-order valence-electron chi connectivity index (χ2n) is 9.16. The lowest BCUT2D eigenvalue weighted by Gasteiger charge is -2.25. The van der Waals surface area contributed by atoms with Crippen molar-refractivity contribution in [2.75, 3.05) is 17.5 Å². The Kier molecular flexibility index (Phi) is 6.53. The smallest absolute Gasteiger partial charge is 0.255 e. The van der Waals surface area contributed by atoms with Crippen molar-refractivity contribution in [2.45, 2.75) is 25.7 Å². The van der Waals surface area contributed by atoms with E-state index < -0.39 is 15.8 Å². The van der Waals surface area contributed by atoms with E-state index in [1.807, 2.05) is 30.3 Å². The molecule has 1 amide bonds. The van der Waals surface area contributed by atoms with Crippen LogP contribution in [-0.4, -0.2) is 27.1 Å². The predicted octanol–water partition coefficient (Wildman–Crippen LogP) is 6.20. The maximum atomic E-state index is 13.5. The summed E-state index contributed by atoms with van der Waals surface area (Å²) in [5.41, 5.74) is 3.00. The van der Waals surface area contributed by atoms with Gasteiger partial charge in [-0.25, -0.2) is 12.8 Å². The van der Waals surface area contributed by atoms with Crippen molar-refractivity contribution in [3.63, 3.8) is 0 Å². The molecule has 8 heteroatoms. The molecule has 0 radical (unpaired) electrons. The first-order chi connectivity index (χ1) is 17.3. The third-order valence-corrected chi connectivity index (χ3v) is 8.06. The molecule has 4 aromatic rings. The molecule has 2 N–H and O–H groups in total. The van der Waals surface area contributed by atoms with E-state index in [1.54, 1.807) is 24.3 Å². The van der Waals surface area contributed by atoms with Gasteiger partial charge in [0.2, 0.25) is 10.0 Å². The van der Waals surface area contributed by atoms with E-state index in [1.165, 1.54) is 19.2 Å². The average Bonchev–Trinajstić information content (AvgIpc) is 3.21. The van der Waals surface area contributed by atoms with Crippen molar-refractivity contribution in [2.24, 2.45) is 5.92 Å². The van der Waals surface area contributed by atoms with Gasteiger partial charge in [-0.3, -0.25) is 9.52 Å². The molecule has 36 heavy (non-hydrogen) atoms. The van der Waals surface area contributed by atoms with Crippen LogP contribution in [0.4, 0.5) is 10.1 Å². The Morgan fingerprint density at radius 1 is 1.03 bits per heavy atom. The molecule has 1 heterocycles. The molecule has 0 aliphatic heterocycles. The maximum absolute atomic E-state index is 13.5. The van der Waals surface area contributed by atoms with E-state index in [0.29, 0.717) is 45.7 Å². The fourth-order valence-corrected chi connectivity index (χ4v) is 5.81. The molecule has 5 rings (SSSR count). The summed E-state index contributed by atoms with van der Waals surface area (Å²) in [4.78, 5) is 12.9. The highest BCUT2D eigenvalue weighted by Crippen LogP contribution is 2.40. The van der Waals surface area contributed by atoms with Gasteiger partial charge in [0.25, 0.3) is 5.91 Å². The minimum Gasteiger partial charge on any atom is -0.455 e. The Balaban J connectivity index is 1.65. The Hall–Kier alpha value is -3.65. The summed E-state index contributed by atoms with van der Waals surface area (Å²) in [5.74, 6) is 0.0403. The van der Waals surface area contributed by atoms with Crippen molar-refractivity contribution in [1.82, 2.24) is 5.32 Å². The second-order valence-corrected chi connectivity index (χ2v) is 11.0. The first kappa shape index (κ1) is 24.1. The third kappa shape index (κ3) is 4.86. The molecule has 1 aromatic heterocycles. The fourth-order valence-electron chi connectivity index (χ4n) is 4.56. The van der Waals surface area contributed by atoms with Gasteiger partial charge in [0.05, 0.1) is 17.0 Å². The lowest BCUT2D eigenvalue weighted by Crippen LogP contribution is -2.22. The van der Waals surface area contributed by atoms with Crippen molar-refractivity contribution in [1.29, 1.82) is 0 Å². The van der Waals surface area contributed by atoms with Crippen LogP contribution >= 0.6 is 0 Å². The van der Waals surface area contributed by atoms with Crippen LogP contribution in [-0.2, 0) is 10.0 Å². The van der Waals surface area contributed by atoms with Gasteiger partial charge in [-0.15, -0.1) is 0 Å². The van der Waals surface area contributed by atoms with Crippen LogP contribution in [0.25, 0.3) is 33.4 Å². The van der Waals surface area contributed by atoms with Crippen LogP contribution in [0.2, 0.25) is 0 Å². The Morgan fingerprint density at radius 3 is 2.39 bits per heavy atom. The summed E-state index contributed by atoms with van der Waals surface area (Å²) < 4.78 is 48.4. The Morgan fingerprint density at radius 2 is 1.75 bits per heavy atom. The molecule has 0 atom stereocenters. The fraction of sp³-hybridized carbons (Fsp3) is 0.250. The number of benzene rings is 3. The highest BCUT2D eigenvalue weighted by atomic mass is 32.2. The van der Waals surface area contributed by atoms with E-state index >= 15 is 0 Å². The SMILES string of the molecule is CNC(=O)c1c(-c2ccc(F)cc2)oc2cc(NS(=O)(=O)CCC3CCC3)c(-c3ccccc3)cc12. The molecule has 186 valence electrons. The summed E-state index contributed by atoms with van der Waals surface area (Å²) in [6, 6.07) is 18.5. The largest absolute Gasteiger partial charge is 0.455 e. The first-order valence-corrected chi connectivity index (χ1v) is 13.6. The molecule has 6 nitrogen and oxygen atoms in total. The van der Waals surface area contributed by atoms with Crippen LogP contribution in [0.5, 0.6) is 0 Å². The molecule has 1 aliphatic rings. The van der Waals surface area contributed by atoms with Crippen molar-refractivity contribution in [3.05, 3.63) is 78.1 Å². The highest BCUT2D eigenvalue weighted by Gasteiger charge is 2.25. The molecular formula is C28H27FN2O4S. The number of furan rings is 1. The number of hydrogen-bond acceptors (Lipinski definition) is 4. The third-order valence-electron chi connectivity index (χ3n) is 6.76. The number of rotatable bonds is 8. The van der Waals surface area contributed by atoms with E-state index in [9.17, 15) is 17.6 Å². The van der Waals surface area contributed by atoms with Crippen LogP contribution in [0.3, 0.4) is 0 Å². The van der Waals surface area contributed by atoms with E-state index in [0.717, 1.165) is 24.8 Å². The molecule has 1 fully saturated rings. The van der Waals surface area contributed by atoms with Gasteiger partial charge in [0.15, 0.2) is 0 Å². The molecule has 1 saturated carbocycles. The summed E-state index contributed by atoms with van der Waals surface area (Å²) >= 11 is 0. The van der Waals surface area contributed by atoms with Gasteiger partial charge in [-0.2, -0.15) is 0 Å². The van der Waals surface area contributed by atoms with Gasteiger partial charge >= 0.3 is 0 Å². The van der Waals surface area contributed by atoms with Gasteiger partial charge in [-0.05, 0) is 48.2 Å². The van der Waals surface area contributed by atoms with Crippen LogP contribution < -0.4 is 10.0 Å². The summed E-state index contributed by atoms with van der Waals surface area (Å²) in [7, 11) is -2.07. The number of amides is 1. The van der Waals surface area contributed by atoms with Crippen LogP contribution in [0.15, 0.2) is 71.1 Å². The molecule has 1 aliphatic carbocycles. The molecule has 0 unspecified atom stereocenters. The minimum absolute atomic E-state index is 0.0480. The number of nitrogens with one attached hydrogen (secondary N) is 2. The van der Waals surface area contributed by atoms with E-state index in [2.05, 4.69) is 10.0 Å². The Labute approximate surface area is 209 Å². The standard InChI is InChI=1S/C28H27FN2O4S/c1-30-28(32)26-23-16-22(19-8-3-2-4-9-19)24(31-36(33,34)15-14-18-6-5-7-18)17-25(23)35-27(26)20-10-12-21(29)13-11-20/h2-4,8-13,16-18,31H,5-7,14-15H2,1H3,(H,30,32). The first-order valence-electron chi connectivity index (χ1n) is 12.0. The summed E-state index contributed by atoms with van der Waals surface area (Å²) in [6.07, 6.45) is 3.96. The molecule has 0 saturated heterocycles. The number of hydrogen-bond donors (Lipinski definition) is 2. The zero-order valence-electron chi connectivity index (χ0n) is 19.9. The van der Waals surface area contributed by atoms with Crippen molar-refractivity contribution < 1.29 is 22.0 Å². The number of sulfonamides is 1. The number of halogens is 1. The van der Waals surface area contributed by atoms with Gasteiger partial charge < -0.3 is 9.73 Å². The molecule has 3 aromatic carbocycles. The zero-order chi connectivity index (χ0) is 25.3.